The molecule has 0 saturated carbocycles. The lowest BCUT2D eigenvalue weighted by atomic mass is 10.0. The molecule has 4 nitrogen and oxygen atoms in total. The Bertz CT molecular complexity index is 470. The Kier molecular flexibility index (Phi) is 4.73. The summed E-state index contributed by atoms with van der Waals surface area (Å²) in [6.45, 7) is 3.10. The number of rotatable bonds is 6. The Morgan fingerprint density at radius 1 is 1.44 bits per heavy atom. The van der Waals surface area contributed by atoms with E-state index in [0.717, 1.165) is 30.1 Å². The van der Waals surface area contributed by atoms with Crippen LogP contribution in [0.5, 0.6) is 0 Å². The van der Waals surface area contributed by atoms with Crippen LogP contribution in [0.4, 0.5) is 0 Å². The molecule has 1 aromatic carbocycles. The van der Waals surface area contributed by atoms with Crippen molar-refractivity contribution in [2.45, 2.75) is 25.8 Å². The highest BCUT2D eigenvalue weighted by atomic mass is 35.5. The monoisotopic (exact) mass is 264 g/mol. The van der Waals surface area contributed by atoms with E-state index in [1.54, 1.807) is 6.20 Å². The van der Waals surface area contributed by atoms with Gasteiger partial charge in [0.1, 0.15) is 0 Å². The number of aromatic amines is 1. The van der Waals surface area contributed by atoms with Gasteiger partial charge in [0.05, 0.1) is 17.9 Å². The molecule has 0 fully saturated rings. The van der Waals surface area contributed by atoms with Gasteiger partial charge in [-0.2, -0.15) is 15.4 Å². The fraction of sp³-hybridized carbons (Fsp3) is 0.385. The summed E-state index contributed by atoms with van der Waals surface area (Å²) in [4.78, 5) is 0. The first-order chi connectivity index (χ1) is 8.79. The van der Waals surface area contributed by atoms with Crippen molar-refractivity contribution in [3.05, 3.63) is 46.7 Å². The van der Waals surface area contributed by atoms with Crippen LogP contribution in [-0.4, -0.2) is 22.0 Å². The van der Waals surface area contributed by atoms with Crippen LogP contribution >= 0.6 is 11.6 Å². The van der Waals surface area contributed by atoms with Crippen LogP contribution in [0.3, 0.4) is 0 Å². The molecular formula is C13H17ClN4. The van der Waals surface area contributed by atoms with Gasteiger partial charge in [-0.05, 0) is 37.1 Å². The minimum atomic E-state index is 0.169. The van der Waals surface area contributed by atoms with Crippen LogP contribution in [0.1, 0.15) is 30.6 Å². The molecule has 1 atom stereocenters. The molecule has 1 aromatic heterocycles. The zero-order chi connectivity index (χ0) is 12.8. The molecule has 96 valence electrons. The van der Waals surface area contributed by atoms with Crippen molar-refractivity contribution >= 4 is 11.6 Å². The highest BCUT2D eigenvalue weighted by Crippen LogP contribution is 2.18. The van der Waals surface area contributed by atoms with Crippen molar-refractivity contribution in [1.29, 1.82) is 0 Å². The van der Waals surface area contributed by atoms with E-state index in [0.29, 0.717) is 0 Å². The smallest absolute Gasteiger partial charge is 0.0997 e. The number of hydrogen-bond donors (Lipinski definition) is 2. The van der Waals surface area contributed by atoms with E-state index in [9.17, 15) is 0 Å². The molecule has 0 amide bonds. The van der Waals surface area contributed by atoms with Gasteiger partial charge in [-0.15, -0.1) is 0 Å². The van der Waals surface area contributed by atoms with E-state index >= 15 is 0 Å². The Morgan fingerprint density at radius 2 is 2.33 bits per heavy atom. The zero-order valence-corrected chi connectivity index (χ0v) is 11.1. The van der Waals surface area contributed by atoms with Crippen molar-refractivity contribution < 1.29 is 0 Å². The number of nitrogens with zero attached hydrogens (tertiary/aromatic N) is 2. The lowest BCUT2D eigenvalue weighted by Gasteiger charge is -2.16. The van der Waals surface area contributed by atoms with Crippen LogP contribution in [-0.2, 0) is 6.42 Å². The summed E-state index contributed by atoms with van der Waals surface area (Å²) in [5.41, 5.74) is 2.13. The van der Waals surface area contributed by atoms with Crippen molar-refractivity contribution in [3.8, 4) is 0 Å². The SMILES string of the molecule is CCCNC(Cc1cccc(Cl)c1)c1cn[nH]n1. The number of nitrogens with one attached hydrogen (secondary N) is 2. The lowest BCUT2D eigenvalue weighted by Crippen LogP contribution is -2.24. The first kappa shape index (κ1) is 13.1. The second-order valence-corrected chi connectivity index (χ2v) is 4.67. The Balaban J connectivity index is 2.10. The van der Waals surface area contributed by atoms with Crippen molar-refractivity contribution in [2.75, 3.05) is 6.54 Å². The molecule has 18 heavy (non-hydrogen) atoms. The van der Waals surface area contributed by atoms with Crippen LogP contribution in [0.2, 0.25) is 5.02 Å². The summed E-state index contributed by atoms with van der Waals surface area (Å²) in [5, 5.41) is 14.9. The van der Waals surface area contributed by atoms with E-state index in [4.69, 9.17) is 11.6 Å². The first-order valence-corrected chi connectivity index (χ1v) is 6.51. The van der Waals surface area contributed by atoms with Gasteiger partial charge in [-0.25, -0.2) is 0 Å². The third-order valence-corrected chi connectivity index (χ3v) is 3.00. The quantitative estimate of drug-likeness (QED) is 0.844. The minimum absolute atomic E-state index is 0.169. The first-order valence-electron chi connectivity index (χ1n) is 6.13. The fourth-order valence-corrected chi connectivity index (χ4v) is 2.09. The number of aromatic nitrogens is 3. The van der Waals surface area contributed by atoms with Gasteiger partial charge < -0.3 is 5.32 Å². The zero-order valence-electron chi connectivity index (χ0n) is 10.4. The predicted octanol–water partition coefficient (Wildman–Crippen LogP) is 2.74. The molecule has 0 bridgehead atoms. The second-order valence-electron chi connectivity index (χ2n) is 4.24. The topological polar surface area (TPSA) is 53.6 Å². The lowest BCUT2D eigenvalue weighted by molar-refractivity contribution is 0.517. The third-order valence-electron chi connectivity index (χ3n) is 2.76. The van der Waals surface area contributed by atoms with Gasteiger partial charge in [-0.1, -0.05) is 30.7 Å². The molecule has 2 N–H and O–H groups in total. The Morgan fingerprint density at radius 3 is 3.00 bits per heavy atom. The molecule has 1 heterocycles. The van der Waals surface area contributed by atoms with E-state index in [2.05, 4.69) is 33.7 Å². The highest BCUT2D eigenvalue weighted by molar-refractivity contribution is 6.30. The van der Waals surface area contributed by atoms with E-state index in [-0.39, 0.29) is 6.04 Å². The summed E-state index contributed by atoms with van der Waals surface area (Å²) < 4.78 is 0. The van der Waals surface area contributed by atoms with E-state index in [1.807, 2.05) is 18.2 Å². The molecule has 0 saturated heterocycles. The average molecular weight is 265 g/mol. The van der Waals surface area contributed by atoms with E-state index < -0.39 is 0 Å². The Hall–Kier alpha value is -1.39. The molecule has 0 aliphatic heterocycles. The van der Waals surface area contributed by atoms with Crippen LogP contribution in [0, 0.1) is 0 Å². The van der Waals surface area contributed by atoms with Gasteiger partial charge in [0, 0.05) is 5.02 Å². The maximum atomic E-state index is 6.00. The minimum Gasteiger partial charge on any atom is -0.308 e. The molecule has 5 heteroatoms. The van der Waals surface area contributed by atoms with Crippen molar-refractivity contribution in [3.63, 3.8) is 0 Å². The summed E-state index contributed by atoms with van der Waals surface area (Å²) in [6.07, 6.45) is 3.70. The number of hydrogen-bond acceptors (Lipinski definition) is 3. The fourth-order valence-electron chi connectivity index (χ4n) is 1.88. The average Bonchev–Trinajstić information content (AvgIpc) is 2.88. The highest BCUT2D eigenvalue weighted by Gasteiger charge is 2.14. The number of halogens is 1. The van der Waals surface area contributed by atoms with Crippen molar-refractivity contribution in [1.82, 2.24) is 20.7 Å². The summed E-state index contributed by atoms with van der Waals surface area (Å²) in [6, 6.07) is 8.09. The molecule has 0 radical (unpaired) electrons. The molecule has 0 spiro atoms. The van der Waals surface area contributed by atoms with Gasteiger partial charge >= 0.3 is 0 Å². The van der Waals surface area contributed by atoms with Crippen LogP contribution < -0.4 is 5.32 Å². The largest absolute Gasteiger partial charge is 0.308 e. The second kappa shape index (κ2) is 6.52. The number of H-pyrrole nitrogens is 1. The molecule has 0 aliphatic carbocycles. The normalized spacial score (nSPS) is 12.6. The summed E-state index contributed by atoms with van der Waals surface area (Å²) >= 11 is 6.00. The molecule has 2 aromatic rings. The summed E-state index contributed by atoms with van der Waals surface area (Å²) in [5.74, 6) is 0. The standard InChI is InChI=1S/C13H17ClN4/c1-2-6-15-12(13-9-16-18-17-13)8-10-4-3-5-11(14)7-10/h3-5,7,9,12,15H,2,6,8H2,1H3,(H,16,17,18). The third kappa shape index (κ3) is 3.55. The molecular weight excluding hydrogens is 248 g/mol. The maximum absolute atomic E-state index is 6.00. The molecule has 0 aliphatic rings. The molecule has 1 unspecified atom stereocenters. The van der Waals surface area contributed by atoms with Gasteiger partial charge in [0.25, 0.3) is 0 Å². The van der Waals surface area contributed by atoms with Gasteiger partial charge in [0.2, 0.25) is 0 Å². The van der Waals surface area contributed by atoms with Crippen molar-refractivity contribution in [2.24, 2.45) is 0 Å². The Labute approximate surface area is 112 Å². The summed E-state index contributed by atoms with van der Waals surface area (Å²) in [7, 11) is 0. The number of benzene rings is 1. The van der Waals surface area contributed by atoms with Crippen LogP contribution in [0.15, 0.2) is 30.5 Å². The predicted molar refractivity (Wildman–Crippen MR) is 72.6 cm³/mol. The van der Waals surface area contributed by atoms with E-state index in [1.165, 1.54) is 5.56 Å². The van der Waals surface area contributed by atoms with Crippen LogP contribution in [0.25, 0.3) is 0 Å². The molecule has 2 rings (SSSR count). The van der Waals surface area contributed by atoms with Gasteiger partial charge in [-0.3, -0.25) is 0 Å². The maximum Gasteiger partial charge on any atom is 0.0997 e. The van der Waals surface area contributed by atoms with Gasteiger partial charge in [0.15, 0.2) is 0 Å².